The Morgan fingerprint density at radius 1 is 1.16 bits per heavy atom. The summed E-state index contributed by atoms with van der Waals surface area (Å²) in [5, 5.41) is 2.97. The molecule has 0 aliphatic carbocycles. The van der Waals surface area contributed by atoms with E-state index in [1.807, 2.05) is 61.5 Å². The maximum absolute atomic E-state index is 13.1. The molecule has 164 valence electrons. The fourth-order valence-electron chi connectivity index (χ4n) is 3.81. The lowest BCUT2D eigenvalue weighted by Crippen LogP contribution is -2.41. The van der Waals surface area contributed by atoms with E-state index in [9.17, 15) is 9.59 Å². The van der Waals surface area contributed by atoms with Gasteiger partial charge in [0.05, 0.1) is 31.0 Å². The van der Waals surface area contributed by atoms with Crippen molar-refractivity contribution in [1.82, 2.24) is 20.2 Å². The number of rotatable bonds is 6. The minimum Gasteiger partial charge on any atom is -0.497 e. The third kappa shape index (κ3) is 4.77. The Labute approximate surface area is 187 Å². The van der Waals surface area contributed by atoms with Crippen LogP contribution in [0.4, 0.5) is 0 Å². The monoisotopic (exact) mass is 430 g/mol. The highest BCUT2D eigenvalue weighted by molar-refractivity contribution is 5.97. The van der Waals surface area contributed by atoms with Gasteiger partial charge in [-0.15, -0.1) is 0 Å². The van der Waals surface area contributed by atoms with E-state index in [1.165, 1.54) is 0 Å². The van der Waals surface area contributed by atoms with E-state index in [4.69, 9.17) is 4.74 Å². The Bertz CT molecular complexity index is 1100. The number of methoxy groups -OCH3 is 1. The molecule has 4 rings (SSSR count). The van der Waals surface area contributed by atoms with Gasteiger partial charge in [-0.2, -0.15) is 0 Å². The fraction of sp³-hybridized carbons (Fsp3) is 0.280. The number of benzene rings is 2. The summed E-state index contributed by atoms with van der Waals surface area (Å²) in [7, 11) is 1.62. The maximum Gasteiger partial charge on any atom is 0.257 e. The van der Waals surface area contributed by atoms with E-state index in [-0.39, 0.29) is 24.4 Å². The molecule has 1 aromatic heterocycles. The summed E-state index contributed by atoms with van der Waals surface area (Å²) >= 11 is 0. The summed E-state index contributed by atoms with van der Waals surface area (Å²) in [5.41, 5.74) is 3.08. The summed E-state index contributed by atoms with van der Waals surface area (Å²) in [4.78, 5) is 36.4. The second-order valence-corrected chi connectivity index (χ2v) is 7.81. The average molecular weight is 431 g/mol. The molecule has 0 saturated heterocycles. The van der Waals surface area contributed by atoms with E-state index in [0.29, 0.717) is 24.4 Å². The number of carbonyl (C=O) groups excluding carboxylic acids is 2. The van der Waals surface area contributed by atoms with Gasteiger partial charge in [-0.05, 0) is 37.5 Å². The minimum atomic E-state index is -0.204. The van der Waals surface area contributed by atoms with Gasteiger partial charge in [0.25, 0.3) is 5.91 Å². The fourth-order valence-corrected chi connectivity index (χ4v) is 3.81. The van der Waals surface area contributed by atoms with E-state index in [2.05, 4.69) is 15.3 Å². The standard InChI is InChI=1S/C25H26N4O3/c1-17(18-10-12-20(32-2)13-11-18)27-23(30)16-29-14-6-9-22-21(25(29)31)15-26-24(28-22)19-7-4-3-5-8-19/h3-5,7-8,10-13,15,17H,6,9,14,16H2,1-2H3,(H,27,30). The lowest BCUT2D eigenvalue weighted by molar-refractivity contribution is -0.122. The molecule has 0 fully saturated rings. The molecular weight excluding hydrogens is 404 g/mol. The number of aryl methyl sites for hydroxylation is 1. The Balaban J connectivity index is 1.43. The van der Waals surface area contributed by atoms with Crippen molar-refractivity contribution < 1.29 is 14.3 Å². The normalized spacial score (nSPS) is 14.3. The van der Waals surface area contributed by atoms with Crippen LogP contribution >= 0.6 is 0 Å². The van der Waals surface area contributed by atoms with Crippen molar-refractivity contribution in [1.29, 1.82) is 0 Å². The van der Waals surface area contributed by atoms with Gasteiger partial charge < -0.3 is 15.0 Å². The molecule has 2 heterocycles. The summed E-state index contributed by atoms with van der Waals surface area (Å²) in [6, 6.07) is 17.1. The maximum atomic E-state index is 13.1. The third-order valence-electron chi connectivity index (χ3n) is 5.59. The van der Waals surface area contributed by atoms with Crippen LogP contribution in [0.15, 0.2) is 60.8 Å². The van der Waals surface area contributed by atoms with Gasteiger partial charge in [-0.3, -0.25) is 9.59 Å². The van der Waals surface area contributed by atoms with Crippen LogP contribution in [0.25, 0.3) is 11.4 Å². The molecule has 7 nitrogen and oxygen atoms in total. The van der Waals surface area contributed by atoms with Crippen molar-refractivity contribution in [2.45, 2.75) is 25.8 Å². The molecule has 0 saturated carbocycles. The van der Waals surface area contributed by atoms with E-state index in [0.717, 1.165) is 29.0 Å². The molecule has 1 aliphatic heterocycles. The van der Waals surface area contributed by atoms with Gasteiger partial charge >= 0.3 is 0 Å². The first-order valence-corrected chi connectivity index (χ1v) is 10.7. The van der Waals surface area contributed by atoms with Crippen LogP contribution in [0.1, 0.15) is 41.0 Å². The van der Waals surface area contributed by atoms with Crippen LogP contribution < -0.4 is 10.1 Å². The summed E-state index contributed by atoms with van der Waals surface area (Å²) in [5.74, 6) is 0.965. The SMILES string of the molecule is COc1ccc(C(C)NC(=O)CN2CCCc3nc(-c4ccccc4)ncc3C2=O)cc1. The van der Waals surface area contributed by atoms with Crippen LogP contribution in [0.2, 0.25) is 0 Å². The number of amides is 2. The molecule has 1 aliphatic rings. The number of carbonyl (C=O) groups is 2. The van der Waals surface area contributed by atoms with Gasteiger partial charge in [-0.25, -0.2) is 9.97 Å². The number of ether oxygens (including phenoxy) is 1. The number of aromatic nitrogens is 2. The first-order chi connectivity index (χ1) is 15.5. The zero-order chi connectivity index (χ0) is 22.5. The molecule has 0 bridgehead atoms. The topological polar surface area (TPSA) is 84.4 Å². The molecule has 1 unspecified atom stereocenters. The van der Waals surface area contributed by atoms with Gasteiger partial charge in [-0.1, -0.05) is 42.5 Å². The molecule has 1 N–H and O–H groups in total. The number of hydrogen-bond donors (Lipinski definition) is 1. The van der Waals surface area contributed by atoms with Gasteiger partial charge in [0.2, 0.25) is 5.91 Å². The first kappa shape index (κ1) is 21.5. The largest absolute Gasteiger partial charge is 0.497 e. The Morgan fingerprint density at radius 2 is 1.91 bits per heavy atom. The minimum absolute atomic E-state index is 0.000789. The second kappa shape index (κ2) is 9.60. The van der Waals surface area contributed by atoms with Crippen molar-refractivity contribution in [3.05, 3.63) is 77.6 Å². The predicted octanol–water partition coefficient (Wildman–Crippen LogP) is 3.42. The van der Waals surface area contributed by atoms with Gasteiger partial charge in [0.15, 0.2) is 5.82 Å². The predicted molar refractivity (Wildman–Crippen MR) is 121 cm³/mol. The van der Waals surface area contributed by atoms with Crippen LogP contribution in [-0.4, -0.2) is 46.9 Å². The van der Waals surface area contributed by atoms with Crippen molar-refractivity contribution in [3.63, 3.8) is 0 Å². The highest BCUT2D eigenvalue weighted by atomic mass is 16.5. The zero-order valence-electron chi connectivity index (χ0n) is 18.2. The number of nitrogens with zero attached hydrogens (tertiary/aromatic N) is 3. The molecule has 0 radical (unpaired) electrons. The highest BCUT2D eigenvalue weighted by Crippen LogP contribution is 2.21. The van der Waals surface area contributed by atoms with Crippen molar-refractivity contribution in [2.24, 2.45) is 0 Å². The van der Waals surface area contributed by atoms with E-state index >= 15 is 0 Å². The first-order valence-electron chi connectivity index (χ1n) is 10.7. The molecule has 7 heteroatoms. The van der Waals surface area contributed by atoms with Crippen molar-refractivity contribution in [2.75, 3.05) is 20.2 Å². The van der Waals surface area contributed by atoms with Crippen LogP contribution in [0, 0.1) is 0 Å². The number of nitrogens with one attached hydrogen (secondary N) is 1. The molecule has 3 aromatic rings. The molecule has 32 heavy (non-hydrogen) atoms. The summed E-state index contributed by atoms with van der Waals surface area (Å²) in [6.07, 6.45) is 3.00. The van der Waals surface area contributed by atoms with Crippen molar-refractivity contribution >= 4 is 11.8 Å². The molecule has 2 amide bonds. The van der Waals surface area contributed by atoms with Crippen LogP contribution in [0.3, 0.4) is 0 Å². The molecular formula is C25H26N4O3. The van der Waals surface area contributed by atoms with Gasteiger partial charge in [0, 0.05) is 18.3 Å². The van der Waals surface area contributed by atoms with Crippen LogP contribution in [0.5, 0.6) is 5.75 Å². The Morgan fingerprint density at radius 3 is 2.62 bits per heavy atom. The smallest absolute Gasteiger partial charge is 0.257 e. The van der Waals surface area contributed by atoms with Crippen molar-refractivity contribution in [3.8, 4) is 17.1 Å². The summed E-state index contributed by atoms with van der Waals surface area (Å²) in [6.45, 7) is 2.41. The molecule has 0 spiro atoms. The summed E-state index contributed by atoms with van der Waals surface area (Å²) < 4.78 is 5.17. The van der Waals surface area contributed by atoms with E-state index in [1.54, 1.807) is 18.2 Å². The number of hydrogen-bond acceptors (Lipinski definition) is 5. The quantitative estimate of drug-likeness (QED) is 0.648. The zero-order valence-corrected chi connectivity index (χ0v) is 18.2. The Hall–Kier alpha value is -3.74. The third-order valence-corrected chi connectivity index (χ3v) is 5.59. The number of fused-ring (bicyclic) bond motifs is 1. The van der Waals surface area contributed by atoms with Gasteiger partial charge in [0.1, 0.15) is 5.75 Å². The average Bonchev–Trinajstić information content (AvgIpc) is 2.98. The lowest BCUT2D eigenvalue weighted by atomic mass is 10.1. The molecule has 2 aromatic carbocycles. The second-order valence-electron chi connectivity index (χ2n) is 7.81. The van der Waals surface area contributed by atoms with E-state index < -0.39 is 0 Å². The van der Waals surface area contributed by atoms with Crippen LogP contribution in [-0.2, 0) is 11.2 Å². The lowest BCUT2D eigenvalue weighted by Gasteiger charge is -2.22. The highest BCUT2D eigenvalue weighted by Gasteiger charge is 2.26. The molecule has 1 atom stereocenters. The Kier molecular flexibility index (Phi) is 6.44.